The highest BCUT2D eigenvalue weighted by Gasteiger charge is 2.22. The van der Waals surface area contributed by atoms with Crippen molar-refractivity contribution < 1.29 is 4.74 Å². The van der Waals surface area contributed by atoms with Crippen LogP contribution in [0.25, 0.3) is 4.96 Å². The van der Waals surface area contributed by atoms with Crippen LogP contribution in [-0.2, 0) is 10.6 Å². The second-order valence-electron chi connectivity index (χ2n) is 3.77. The molecule has 3 heterocycles. The first-order chi connectivity index (χ1) is 7.88. The van der Waals surface area contributed by atoms with Crippen LogP contribution in [0.15, 0.2) is 0 Å². The van der Waals surface area contributed by atoms with Crippen LogP contribution in [-0.4, -0.2) is 33.0 Å². The number of hydrogen-bond acceptors (Lipinski definition) is 5. The minimum absolute atomic E-state index is 0.411. The molecular formula is C9H11ClN4OS. The van der Waals surface area contributed by atoms with Gasteiger partial charge in [-0.2, -0.15) is 9.61 Å². The average Bonchev–Trinajstić information content (AvgIpc) is 2.88. The van der Waals surface area contributed by atoms with Crippen molar-refractivity contribution in [2.24, 2.45) is 0 Å². The Morgan fingerprint density at radius 3 is 2.94 bits per heavy atom. The van der Waals surface area contributed by atoms with E-state index in [1.807, 2.05) is 4.52 Å². The molecule has 1 saturated heterocycles. The second-order valence-corrected chi connectivity index (χ2v) is 5.08. The molecule has 2 aromatic rings. The summed E-state index contributed by atoms with van der Waals surface area (Å²) in [6.07, 6.45) is 1.99. The molecule has 1 fully saturated rings. The molecule has 0 bridgehead atoms. The van der Waals surface area contributed by atoms with Gasteiger partial charge in [0.15, 0.2) is 5.82 Å². The van der Waals surface area contributed by atoms with Gasteiger partial charge in [0.05, 0.1) is 5.88 Å². The van der Waals surface area contributed by atoms with Gasteiger partial charge in [0.1, 0.15) is 5.01 Å². The lowest BCUT2D eigenvalue weighted by Crippen LogP contribution is -2.16. The summed E-state index contributed by atoms with van der Waals surface area (Å²) in [6.45, 7) is 1.60. The van der Waals surface area contributed by atoms with E-state index < -0.39 is 0 Å². The highest BCUT2D eigenvalue weighted by Crippen LogP contribution is 2.27. The van der Waals surface area contributed by atoms with Gasteiger partial charge in [0.25, 0.3) is 0 Å². The maximum atomic E-state index is 5.76. The molecule has 0 aromatic carbocycles. The highest BCUT2D eigenvalue weighted by molar-refractivity contribution is 7.16. The van der Waals surface area contributed by atoms with Crippen molar-refractivity contribution in [1.82, 2.24) is 19.8 Å². The Balaban J connectivity index is 1.98. The van der Waals surface area contributed by atoms with E-state index in [4.69, 9.17) is 16.3 Å². The van der Waals surface area contributed by atoms with Crippen molar-refractivity contribution in [3.05, 3.63) is 10.8 Å². The highest BCUT2D eigenvalue weighted by atomic mass is 35.5. The molecule has 1 aliphatic heterocycles. The Hall–Kier alpha value is -0.720. The van der Waals surface area contributed by atoms with Gasteiger partial charge in [-0.3, -0.25) is 0 Å². The summed E-state index contributed by atoms with van der Waals surface area (Å²) in [6, 6.07) is 0. The molecule has 0 aliphatic carbocycles. The Bertz CT molecular complexity index is 491. The van der Waals surface area contributed by atoms with Crippen molar-refractivity contribution in [1.29, 1.82) is 0 Å². The summed E-state index contributed by atoms with van der Waals surface area (Å²) in [4.78, 5) is 0.831. The largest absolute Gasteiger partial charge is 0.381 e. The molecule has 0 N–H and O–H groups in total. The molecule has 0 atom stereocenters. The van der Waals surface area contributed by atoms with E-state index in [1.54, 1.807) is 0 Å². The third-order valence-electron chi connectivity index (χ3n) is 2.76. The number of ether oxygens (including phenoxy) is 1. The number of rotatable bonds is 2. The van der Waals surface area contributed by atoms with Crippen LogP contribution in [0.1, 0.15) is 29.6 Å². The lowest BCUT2D eigenvalue weighted by Gasteiger charge is -2.19. The average molecular weight is 259 g/mol. The molecule has 86 valence electrons. The number of halogens is 1. The number of nitrogens with zero attached hydrogens (tertiary/aromatic N) is 4. The molecule has 3 rings (SSSR count). The van der Waals surface area contributed by atoms with Crippen LogP contribution in [0.3, 0.4) is 0 Å². The monoisotopic (exact) mass is 258 g/mol. The molecule has 1 aliphatic rings. The maximum absolute atomic E-state index is 5.76. The molecule has 0 amide bonds. The predicted octanol–water partition coefficient (Wildman–Crippen LogP) is 1.82. The van der Waals surface area contributed by atoms with Crippen molar-refractivity contribution >= 4 is 27.9 Å². The zero-order valence-corrected chi connectivity index (χ0v) is 10.2. The molecule has 16 heavy (non-hydrogen) atoms. The molecule has 0 radical (unpaired) electrons. The van der Waals surface area contributed by atoms with Gasteiger partial charge in [-0.25, -0.2) is 0 Å². The molecule has 0 spiro atoms. The summed E-state index contributed by atoms with van der Waals surface area (Å²) in [7, 11) is 0. The fourth-order valence-corrected chi connectivity index (χ4v) is 2.84. The third kappa shape index (κ3) is 1.70. The van der Waals surface area contributed by atoms with Crippen molar-refractivity contribution in [3.8, 4) is 0 Å². The quantitative estimate of drug-likeness (QED) is 0.771. The summed E-state index contributed by atoms with van der Waals surface area (Å²) in [5.41, 5.74) is 0. The first-order valence-electron chi connectivity index (χ1n) is 5.23. The van der Waals surface area contributed by atoms with Gasteiger partial charge in [-0.1, -0.05) is 11.3 Å². The van der Waals surface area contributed by atoms with Gasteiger partial charge >= 0.3 is 0 Å². The Labute approximate surface area is 101 Å². The number of hydrogen-bond donors (Lipinski definition) is 0. The SMILES string of the molecule is ClCc1nn2c(C3CCOCC3)nnc2s1. The topological polar surface area (TPSA) is 52.3 Å². The minimum atomic E-state index is 0.411. The van der Waals surface area contributed by atoms with Crippen LogP contribution in [0.5, 0.6) is 0 Å². The van der Waals surface area contributed by atoms with Crippen LogP contribution in [0.4, 0.5) is 0 Å². The molecule has 0 unspecified atom stereocenters. The fourth-order valence-electron chi connectivity index (χ4n) is 1.94. The van der Waals surface area contributed by atoms with Crippen molar-refractivity contribution in [2.75, 3.05) is 13.2 Å². The normalized spacial score (nSPS) is 18.3. The van der Waals surface area contributed by atoms with E-state index in [1.165, 1.54) is 11.3 Å². The maximum Gasteiger partial charge on any atom is 0.234 e. The summed E-state index contributed by atoms with van der Waals surface area (Å²) >= 11 is 7.26. The molecule has 2 aromatic heterocycles. The first kappa shape index (κ1) is 10.4. The summed E-state index contributed by atoms with van der Waals surface area (Å²) in [5, 5.41) is 13.6. The van der Waals surface area contributed by atoms with E-state index in [9.17, 15) is 0 Å². The lowest BCUT2D eigenvalue weighted by atomic mass is 10.00. The van der Waals surface area contributed by atoms with Gasteiger partial charge in [0.2, 0.25) is 4.96 Å². The van der Waals surface area contributed by atoms with Crippen LogP contribution < -0.4 is 0 Å². The van der Waals surface area contributed by atoms with Gasteiger partial charge in [-0.05, 0) is 12.8 Å². The zero-order chi connectivity index (χ0) is 11.0. The second kappa shape index (κ2) is 4.27. The van der Waals surface area contributed by atoms with Crippen LogP contribution in [0.2, 0.25) is 0 Å². The van der Waals surface area contributed by atoms with Crippen LogP contribution >= 0.6 is 22.9 Å². The molecule has 5 nitrogen and oxygen atoms in total. The molecular weight excluding hydrogens is 248 g/mol. The van der Waals surface area contributed by atoms with E-state index in [-0.39, 0.29) is 0 Å². The summed E-state index contributed by atoms with van der Waals surface area (Å²) < 4.78 is 7.17. The smallest absolute Gasteiger partial charge is 0.234 e. The Morgan fingerprint density at radius 1 is 1.38 bits per heavy atom. The lowest BCUT2D eigenvalue weighted by molar-refractivity contribution is 0.0831. The van der Waals surface area contributed by atoms with Gasteiger partial charge in [0, 0.05) is 19.1 Å². The zero-order valence-electron chi connectivity index (χ0n) is 8.60. The predicted molar refractivity (Wildman–Crippen MR) is 61.0 cm³/mol. The van der Waals surface area contributed by atoms with Crippen molar-refractivity contribution in [2.45, 2.75) is 24.6 Å². The van der Waals surface area contributed by atoms with E-state index in [0.717, 1.165) is 41.8 Å². The number of alkyl halides is 1. The number of fused-ring (bicyclic) bond motifs is 1. The Kier molecular flexibility index (Phi) is 2.79. The Morgan fingerprint density at radius 2 is 2.19 bits per heavy atom. The first-order valence-corrected chi connectivity index (χ1v) is 6.58. The number of aromatic nitrogens is 4. The van der Waals surface area contributed by atoms with E-state index in [0.29, 0.717) is 11.8 Å². The minimum Gasteiger partial charge on any atom is -0.381 e. The fraction of sp³-hybridized carbons (Fsp3) is 0.667. The summed E-state index contributed by atoms with van der Waals surface area (Å²) in [5.74, 6) is 1.79. The third-order valence-corrected chi connectivity index (χ3v) is 4.07. The van der Waals surface area contributed by atoms with Crippen molar-refractivity contribution in [3.63, 3.8) is 0 Å². The van der Waals surface area contributed by atoms with Gasteiger partial charge < -0.3 is 4.74 Å². The molecule has 7 heteroatoms. The van der Waals surface area contributed by atoms with Crippen LogP contribution in [0, 0.1) is 0 Å². The van der Waals surface area contributed by atoms with E-state index >= 15 is 0 Å². The van der Waals surface area contributed by atoms with Gasteiger partial charge in [-0.15, -0.1) is 21.8 Å². The molecule has 0 saturated carbocycles. The standard InChI is InChI=1S/C9H11ClN4OS/c10-5-7-13-14-8(11-12-9(14)16-7)6-1-3-15-4-2-6/h6H,1-5H2. The van der Waals surface area contributed by atoms with E-state index in [2.05, 4.69) is 15.3 Å².